The molecule has 0 aliphatic rings. The maximum absolute atomic E-state index is 2.45. The van der Waals surface area contributed by atoms with Gasteiger partial charge in [0.1, 0.15) is 8.07 Å². The quantitative estimate of drug-likeness (QED) is 0.663. The highest BCUT2D eigenvalue weighted by atomic mass is 28.3. The molecule has 0 spiro atoms. The molecule has 0 bridgehead atoms. The van der Waals surface area contributed by atoms with E-state index in [9.17, 15) is 0 Å². The molecule has 0 nitrogen and oxygen atoms in total. The summed E-state index contributed by atoms with van der Waals surface area (Å²) in [6, 6.07) is 10.9. The minimum atomic E-state index is -1.37. The lowest BCUT2D eigenvalue weighted by Gasteiger charge is -2.21. The Morgan fingerprint density at radius 3 is 2.00 bits per heavy atom. The van der Waals surface area contributed by atoms with Crippen LogP contribution in [-0.4, -0.2) is 8.07 Å². The zero-order valence-corrected chi connectivity index (χ0v) is 11.5. The molecule has 0 saturated carbocycles. The molecule has 1 aromatic rings. The van der Waals surface area contributed by atoms with Gasteiger partial charge in [-0.3, -0.25) is 0 Å². The molecule has 1 heteroatoms. The summed E-state index contributed by atoms with van der Waals surface area (Å²) in [6.07, 6.45) is 2.35. The molecule has 0 fully saturated rings. The van der Waals surface area contributed by atoms with E-state index in [0.717, 1.165) is 0 Å². The zero-order chi connectivity index (χ0) is 11.5. The van der Waals surface area contributed by atoms with E-state index < -0.39 is 8.07 Å². The van der Waals surface area contributed by atoms with Crippen molar-refractivity contribution in [3.63, 3.8) is 0 Å². The third-order valence-corrected chi connectivity index (χ3v) is 5.34. The number of hydrogen-bond acceptors (Lipinski definition) is 0. The van der Waals surface area contributed by atoms with Gasteiger partial charge in [0.2, 0.25) is 0 Å². The van der Waals surface area contributed by atoms with Crippen molar-refractivity contribution in [2.45, 2.75) is 33.9 Å². The summed E-state index contributed by atoms with van der Waals surface area (Å²) in [6.45, 7) is 11.5. The molecule has 0 radical (unpaired) electrons. The van der Waals surface area contributed by atoms with Gasteiger partial charge in [0.05, 0.1) is 0 Å². The number of rotatable bonds is 2. The number of allylic oxidation sites excluding steroid dienone is 1. The minimum Gasteiger partial charge on any atom is -0.0938 e. The summed E-state index contributed by atoms with van der Waals surface area (Å²) in [5.41, 5.74) is 2.74. The van der Waals surface area contributed by atoms with Gasteiger partial charge in [-0.25, -0.2) is 0 Å². The highest BCUT2D eigenvalue weighted by molar-refractivity contribution is 6.93. The SMILES string of the molecule is CC(C)(C)C=C[Si](C)(C)c1ccccc1. The summed E-state index contributed by atoms with van der Waals surface area (Å²) >= 11 is 0. The van der Waals surface area contributed by atoms with Crippen LogP contribution in [-0.2, 0) is 0 Å². The molecule has 1 rings (SSSR count). The van der Waals surface area contributed by atoms with Gasteiger partial charge in [0, 0.05) is 0 Å². The van der Waals surface area contributed by atoms with Crippen molar-refractivity contribution in [2.75, 3.05) is 0 Å². The van der Waals surface area contributed by atoms with E-state index in [1.54, 1.807) is 0 Å². The van der Waals surface area contributed by atoms with Crippen LogP contribution >= 0.6 is 0 Å². The fraction of sp³-hybridized carbons (Fsp3) is 0.429. The van der Waals surface area contributed by atoms with Gasteiger partial charge >= 0.3 is 0 Å². The highest BCUT2D eigenvalue weighted by Crippen LogP contribution is 2.17. The Morgan fingerprint density at radius 1 is 1.00 bits per heavy atom. The average molecular weight is 218 g/mol. The molecule has 82 valence electrons. The predicted molar refractivity (Wildman–Crippen MR) is 72.2 cm³/mol. The largest absolute Gasteiger partial charge is 0.103 e. The van der Waals surface area contributed by atoms with Gasteiger partial charge in [-0.2, -0.15) is 0 Å². The van der Waals surface area contributed by atoms with Gasteiger partial charge in [-0.15, -0.1) is 0 Å². The van der Waals surface area contributed by atoms with Crippen LogP contribution in [0.4, 0.5) is 0 Å². The van der Waals surface area contributed by atoms with E-state index >= 15 is 0 Å². The Morgan fingerprint density at radius 2 is 1.53 bits per heavy atom. The van der Waals surface area contributed by atoms with Crippen molar-refractivity contribution in [2.24, 2.45) is 5.41 Å². The van der Waals surface area contributed by atoms with Gasteiger partial charge in [0.15, 0.2) is 0 Å². The zero-order valence-electron chi connectivity index (χ0n) is 10.5. The molecule has 15 heavy (non-hydrogen) atoms. The fourth-order valence-corrected chi connectivity index (χ4v) is 3.58. The summed E-state index contributed by atoms with van der Waals surface area (Å²) in [5.74, 6) is 0. The normalized spacial score (nSPS) is 13.4. The van der Waals surface area contributed by atoms with Gasteiger partial charge in [-0.1, -0.05) is 81.2 Å². The number of benzene rings is 1. The summed E-state index contributed by atoms with van der Waals surface area (Å²) in [5, 5.41) is 1.51. The van der Waals surface area contributed by atoms with Crippen LogP contribution in [0.1, 0.15) is 20.8 Å². The van der Waals surface area contributed by atoms with Gasteiger partial charge in [-0.05, 0) is 5.41 Å². The lowest BCUT2D eigenvalue weighted by Crippen LogP contribution is -2.39. The second-order valence-electron chi connectivity index (χ2n) is 5.79. The van der Waals surface area contributed by atoms with Gasteiger partial charge < -0.3 is 0 Å². The molecule has 0 saturated heterocycles. The molecule has 1 aromatic carbocycles. The van der Waals surface area contributed by atoms with Crippen molar-refractivity contribution in [3.8, 4) is 0 Å². The Hall–Kier alpha value is -0.823. The van der Waals surface area contributed by atoms with Crippen LogP contribution in [0.2, 0.25) is 13.1 Å². The van der Waals surface area contributed by atoms with Crippen LogP contribution < -0.4 is 5.19 Å². The first-order valence-corrected chi connectivity index (χ1v) is 8.65. The smallest absolute Gasteiger partial charge is 0.0938 e. The standard InChI is InChI=1S/C14H22Si/c1-14(2,3)11-12-15(4,5)13-9-7-6-8-10-13/h6-12H,1-5H3. The molecule has 0 heterocycles. The lowest BCUT2D eigenvalue weighted by atomic mass is 9.98. The maximum Gasteiger partial charge on any atom is 0.103 e. The molecule has 0 aliphatic heterocycles. The predicted octanol–water partition coefficient (Wildman–Crippen LogP) is 3.74. The molecule has 0 atom stereocenters. The first-order chi connectivity index (χ1) is 6.81. The third kappa shape index (κ3) is 4.04. The molecule has 0 amide bonds. The maximum atomic E-state index is 2.45. The molecule has 0 N–H and O–H groups in total. The van der Waals surface area contributed by atoms with Crippen LogP contribution in [0, 0.1) is 5.41 Å². The van der Waals surface area contributed by atoms with Crippen molar-refractivity contribution in [1.82, 2.24) is 0 Å². The average Bonchev–Trinajstić information content (AvgIpc) is 2.16. The summed E-state index contributed by atoms with van der Waals surface area (Å²) < 4.78 is 0. The summed E-state index contributed by atoms with van der Waals surface area (Å²) in [4.78, 5) is 0. The first kappa shape index (κ1) is 12.2. The van der Waals surface area contributed by atoms with Crippen molar-refractivity contribution >= 4 is 13.3 Å². The molecule has 0 aliphatic carbocycles. The first-order valence-electron chi connectivity index (χ1n) is 5.57. The molecular weight excluding hydrogens is 196 g/mol. The van der Waals surface area contributed by atoms with Crippen LogP contribution in [0.5, 0.6) is 0 Å². The van der Waals surface area contributed by atoms with E-state index in [1.807, 2.05) is 0 Å². The Balaban J connectivity index is 2.90. The van der Waals surface area contributed by atoms with Crippen LogP contribution in [0.15, 0.2) is 42.1 Å². The van der Waals surface area contributed by atoms with E-state index in [2.05, 4.69) is 76.0 Å². The number of hydrogen-bond donors (Lipinski definition) is 0. The Kier molecular flexibility index (Phi) is 3.56. The molecule has 0 unspecified atom stereocenters. The Labute approximate surface area is 95.0 Å². The van der Waals surface area contributed by atoms with Crippen LogP contribution in [0.3, 0.4) is 0 Å². The topological polar surface area (TPSA) is 0 Å². The third-order valence-electron chi connectivity index (χ3n) is 2.52. The second-order valence-corrected chi connectivity index (χ2v) is 10.1. The monoisotopic (exact) mass is 218 g/mol. The van der Waals surface area contributed by atoms with Gasteiger partial charge in [0.25, 0.3) is 0 Å². The van der Waals surface area contributed by atoms with Crippen molar-refractivity contribution < 1.29 is 0 Å². The van der Waals surface area contributed by atoms with E-state index in [4.69, 9.17) is 0 Å². The highest BCUT2D eigenvalue weighted by Gasteiger charge is 2.20. The molecule has 0 aromatic heterocycles. The Bertz CT molecular complexity index is 328. The molecular formula is C14H22Si. The lowest BCUT2D eigenvalue weighted by molar-refractivity contribution is 0.545. The van der Waals surface area contributed by atoms with E-state index in [-0.39, 0.29) is 0 Å². The second kappa shape index (κ2) is 4.36. The minimum absolute atomic E-state index is 0.291. The summed E-state index contributed by atoms with van der Waals surface area (Å²) in [7, 11) is -1.37. The van der Waals surface area contributed by atoms with Crippen molar-refractivity contribution in [1.29, 1.82) is 0 Å². The fourth-order valence-electron chi connectivity index (χ4n) is 1.42. The van der Waals surface area contributed by atoms with E-state index in [0.29, 0.717) is 5.41 Å². The van der Waals surface area contributed by atoms with Crippen molar-refractivity contribution in [3.05, 3.63) is 42.1 Å². The van der Waals surface area contributed by atoms with Crippen LogP contribution in [0.25, 0.3) is 0 Å². The van der Waals surface area contributed by atoms with E-state index in [1.165, 1.54) is 5.19 Å².